The number of rotatable bonds is 0. The molecule has 0 N–H and O–H groups in total. The van der Waals surface area contributed by atoms with Crippen molar-refractivity contribution in [2.24, 2.45) is 0 Å². The fourth-order valence-electron chi connectivity index (χ4n) is 0. The Morgan fingerprint density at radius 1 is 2.25 bits per heavy atom. The van der Waals surface area contributed by atoms with Crippen molar-refractivity contribution in [2.75, 3.05) is 0 Å². The van der Waals surface area contributed by atoms with Gasteiger partial charge < -0.3 is 0 Å². The van der Waals surface area contributed by atoms with Crippen LogP contribution in [0.15, 0.2) is 0 Å². The summed E-state index contributed by atoms with van der Waals surface area (Å²) in [6, 6.07) is 0. The molecule has 0 radical (unpaired) electrons. The van der Waals surface area contributed by atoms with Crippen molar-refractivity contribution in [3.63, 3.8) is 0 Å². The van der Waals surface area contributed by atoms with Gasteiger partial charge in [-0.05, 0) is 13.8 Å². The van der Waals surface area contributed by atoms with Crippen LogP contribution in [0.25, 0.3) is 0 Å². The predicted octanol–water partition coefficient (Wildman–Crippen LogP) is 1.36. The van der Waals surface area contributed by atoms with Gasteiger partial charge in [-0.3, -0.25) is 0 Å². The Balaban J connectivity index is 2.54. The van der Waals surface area contributed by atoms with E-state index in [4.69, 9.17) is 1.37 Å². The summed E-state index contributed by atoms with van der Waals surface area (Å²) >= 11 is 0. The van der Waals surface area contributed by atoms with Crippen molar-refractivity contribution in [1.82, 2.24) is 0 Å². The van der Waals surface area contributed by atoms with Crippen molar-refractivity contribution in [2.45, 2.75) is 20.0 Å². The van der Waals surface area contributed by atoms with E-state index >= 15 is 0 Å². The molecule has 0 aromatic heterocycles. The Hall–Kier alpha value is -0.0700. The summed E-state index contributed by atoms with van der Waals surface area (Å²) in [7, 11) is 0. The molecule has 0 amide bonds. The van der Waals surface area contributed by atoms with Crippen LogP contribution in [0, 0.1) is 0 Å². The van der Waals surface area contributed by atoms with Gasteiger partial charge in [-0.1, -0.05) is 0 Å². The first-order chi connectivity index (χ1) is 2.27. The lowest BCUT2D eigenvalue weighted by Crippen LogP contribution is -1.73. The lowest BCUT2D eigenvalue weighted by molar-refractivity contribution is 0.391. The first-order valence-electron chi connectivity index (χ1n) is 1.91. The third kappa shape index (κ3) is 341. The number of hydrogen-bond acceptors (Lipinski definition) is 0. The van der Waals surface area contributed by atoms with Crippen LogP contribution in [-0.4, -0.2) is 6.17 Å². The largest absolute Gasteiger partial charge is 0.248 e. The highest BCUT2D eigenvalue weighted by atomic mass is 19.1. The van der Waals surface area contributed by atoms with Gasteiger partial charge in [0.2, 0.25) is 0 Å². The second-order valence-electron chi connectivity index (χ2n) is 0.781. The van der Waals surface area contributed by atoms with Crippen molar-refractivity contribution >= 4 is 0 Å². The molecule has 4 heavy (non-hydrogen) atoms. The lowest BCUT2D eigenvalue weighted by atomic mass is 10.5. The van der Waals surface area contributed by atoms with Crippen LogP contribution in [0.2, 0.25) is 0 Å². The van der Waals surface area contributed by atoms with Crippen molar-refractivity contribution in [3.8, 4) is 0 Å². The zero-order valence-corrected chi connectivity index (χ0v) is 2.66. The third-order valence-electron chi connectivity index (χ3n) is 0. The molecule has 1 heteroatoms. The second-order valence-corrected chi connectivity index (χ2v) is 0.781. The molecule has 0 heterocycles. The van der Waals surface area contributed by atoms with Gasteiger partial charge in [0.15, 0.2) is 0 Å². The van der Waals surface area contributed by atoms with Gasteiger partial charge in [-0.15, -0.1) is 0 Å². The number of hydrogen-bond donors (Lipinski definition) is 0. The van der Waals surface area contributed by atoms with Gasteiger partial charge in [0.25, 0.3) is 0 Å². The van der Waals surface area contributed by atoms with E-state index in [1.807, 2.05) is 0 Å². The van der Waals surface area contributed by atoms with Gasteiger partial charge in [0.05, 0.1) is 6.17 Å². The quantitative estimate of drug-likeness (QED) is 0.398. The predicted molar refractivity (Wildman–Crippen MR) is 16.2 cm³/mol. The topological polar surface area (TPSA) is 0 Å². The molecule has 26 valence electrons. The van der Waals surface area contributed by atoms with Crippen LogP contribution in [0.3, 0.4) is 0 Å². The van der Waals surface area contributed by atoms with Gasteiger partial charge in [-0.2, -0.15) is 0 Å². The Morgan fingerprint density at radius 3 is 2.50 bits per heavy atom. The van der Waals surface area contributed by atoms with E-state index in [0.29, 0.717) is 0 Å². The molecule has 0 saturated heterocycles. The molecular formula is C3H7F. The van der Waals surface area contributed by atoms with Crippen LogP contribution < -0.4 is 0 Å². The van der Waals surface area contributed by atoms with Crippen LogP contribution in [0.1, 0.15) is 15.2 Å². The summed E-state index contributed by atoms with van der Waals surface area (Å²) in [5.74, 6) is 0. The fourth-order valence-corrected chi connectivity index (χ4v) is 0. The van der Waals surface area contributed by atoms with Gasteiger partial charge in [0.1, 0.15) is 0 Å². The van der Waals surface area contributed by atoms with E-state index in [1.165, 1.54) is 6.92 Å². The maximum absolute atomic E-state index is 11.2. The maximum atomic E-state index is 11.2. The zero-order chi connectivity index (χ0) is 4.28. The van der Waals surface area contributed by atoms with E-state index in [-0.39, 0.29) is 6.90 Å². The summed E-state index contributed by atoms with van der Waals surface area (Å²) in [6.45, 7) is 1.26. The third-order valence-corrected chi connectivity index (χ3v) is 0. The number of halogens is 1. The van der Waals surface area contributed by atoms with E-state index < -0.39 is 6.17 Å². The molecule has 0 rings (SSSR count). The molecule has 0 aliphatic carbocycles. The standard InChI is InChI=1S/C3H7F/c1-3(2)4/h3H,1-2H3/i1D. The first-order valence-corrected chi connectivity index (χ1v) is 1.20. The minimum atomic E-state index is -0.949. The first kappa shape index (κ1) is 2.18. The fraction of sp³-hybridized carbons (Fsp3) is 1.00. The van der Waals surface area contributed by atoms with E-state index in [0.717, 1.165) is 0 Å². The molecule has 1 unspecified atom stereocenters. The molecule has 0 nitrogen and oxygen atoms in total. The average molecular weight is 63.1 g/mol. The molecule has 0 spiro atoms. The highest BCUT2D eigenvalue weighted by molar-refractivity contribution is 4.22. The molecule has 0 fully saturated rings. The highest BCUT2D eigenvalue weighted by Gasteiger charge is 1.73. The molecule has 0 aromatic rings. The smallest absolute Gasteiger partial charge is 0.0945 e. The van der Waals surface area contributed by atoms with Crippen molar-refractivity contribution in [3.05, 3.63) is 0 Å². The molecular weight excluding hydrogens is 55.0 g/mol. The maximum Gasteiger partial charge on any atom is 0.0945 e. The van der Waals surface area contributed by atoms with E-state index in [2.05, 4.69) is 0 Å². The Labute approximate surface area is 27.0 Å². The molecule has 0 saturated carbocycles. The molecule has 0 bridgehead atoms. The van der Waals surface area contributed by atoms with Crippen LogP contribution in [-0.2, 0) is 0 Å². The number of alkyl halides is 1. The SMILES string of the molecule is [2H]CC(C)F. The molecule has 0 aliphatic heterocycles. The van der Waals surface area contributed by atoms with Gasteiger partial charge >= 0.3 is 0 Å². The normalized spacial score (nSPS) is 19.0. The van der Waals surface area contributed by atoms with Crippen molar-refractivity contribution in [1.29, 1.82) is 0 Å². The lowest BCUT2D eigenvalue weighted by Gasteiger charge is -1.74. The van der Waals surface area contributed by atoms with Crippen LogP contribution >= 0.6 is 0 Å². The van der Waals surface area contributed by atoms with E-state index in [1.54, 1.807) is 0 Å². The summed E-state index contributed by atoms with van der Waals surface area (Å²) in [5, 5.41) is 0. The monoisotopic (exact) mass is 63.1 g/mol. The Bertz CT molecular complexity index is 20.9. The summed E-state index contributed by atoms with van der Waals surface area (Å²) in [4.78, 5) is 0. The zero-order valence-electron chi connectivity index (χ0n) is 3.66. The highest BCUT2D eigenvalue weighted by Crippen LogP contribution is 1.77. The Morgan fingerprint density at radius 2 is 2.50 bits per heavy atom. The minimum Gasteiger partial charge on any atom is -0.248 e. The summed E-state index contributed by atoms with van der Waals surface area (Å²) in [6.07, 6.45) is -0.949. The summed E-state index contributed by atoms with van der Waals surface area (Å²) < 4.78 is 17.5. The van der Waals surface area contributed by atoms with E-state index in [9.17, 15) is 4.39 Å². The van der Waals surface area contributed by atoms with Crippen LogP contribution in [0.4, 0.5) is 4.39 Å². The second kappa shape index (κ2) is 1.27. The molecule has 0 aliphatic rings. The van der Waals surface area contributed by atoms with Crippen molar-refractivity contribution < 1.29 is 5.76 Å². The molecule has 0 aromatic carbocycles. The van der Waals surface area contributed by atoms with Crippen LogP contribution in [0.5, 0.6) is 0 Å². The minimum absolute atomic E-state index is 0.111. The average Bonchev–Trinajstić information content (AvgIpc) is 1.38. The summed E-state index contributed by atoms with van der Waals surface area (Å²) in [5.41, 5.74) is 0. The molecule has 1 atom stereocenters. The van der Waals surface area contributed by atoms with Gasteiger partial charge in [-0.25, -0.2) is 4.39 Å². The Kier molecular flexibility index (Phi) is 0.694. The van der Waals surface area contributed by atoms with Gasteiger partial charge in [0, 0.05) is 1.37 Å².